The molecule has 2 aromatic carbocycles. The van der Waals surface area contributed by atoms with Gasteiger partial charge in [0, 0.05) is 11.1 Å². The van der Waals surface area contributed by atoms with E-state index in [4.69, 9.17) is 9.47 Å². The zero-order valence-corrected chi connectivity index (χ0v) is 14.3. The van der Waals surface area contributed by atoms with Crippen molar-refractivity contribution in [1.29, 1.82) is 0 Å². The highest BCUT2D eigenvalue weighted by Crippen LogP contribution is 2.25. The van der Waals surface area contributed by atoms with Crippen molar-refractivity contribution in [1.82, 2.24) is 5.32 Å². The normalized spacial score (nSPS) is 11.5. The molecule has 0 heterocycles. The number of carbonyl (C=O) groups is 1. The molecular weight excluding hydrogens is 302 g/mol. The Morgan fingerprint density at radius 3 is 2.54 bits per heavy atom. The molecule has 0 aliphatic heterocycles. The van der Waals surface area contributed by atoms with E-state index in [1.165, 1.54) is 0 Å². The molecule has 0 unspecified atom stereocenters. The Kier molecular flexibility index (Phi) is 6.01. The first kappa shape index (κ1) is 17.6. The number of benzene rings is 2. The Morgan fingerprint density at radius 1 is 1.17 bits per heavy atom. The number of amides is 1. The summed E-state index contributed by atoms with van der Waals surface area (Å²) < 4.78 is 10.7. The molecule has 0 aliphatic rings. The highest BCUT2D eigenvalue weighted by atomic mass is 16.5. The summed E-state index contributed by atoms with van der Waals surface area (Å²) in [5.74, 6) is 1.37. The summed E-state index contributed by atoms with van der Waals surface area (Å²) in [5, 5.41) is 3.01. The van der Waals surface area contributed by atoms with Crippen LogP contribution in [-0.2, 0) is 6.42 Å². The predicted molar refractivity (Wildman–Crippen MR) is 95.8 cm³/mol. The number of allylic oxidation sites excluding steroid dienone is 1. The summed E-state index contributed by atoms with van der Waals surface area (Å²) in [7, 11) is 3.24. The van der Waals surface area contributed by atoms with Crippen LogP contribution in [0.5, 0.6) is 11.5 Å². The molecule has 0 fully saturated rings. The third-order valence-corrected chi connectivity index (χ3v) is 3.86. The maximum Gasteiger partial charge on any atom is 0.251 e. The van der Waals surface area contributed by atoms with Crippen molar-refractivity contribution in [3.05, 3.63) is 71.8 Å². The lowest BCUT2D eigenvalue weighted by atomic mass is 10.0. The van der Waals surface area contributed by atoms with Crippen molar-refractivity contribution in [2.24, 2.45) is 0 Å². The number of nitrogens with one attached hydrogen (secondary N) is 1. The molecule has 0 saturated heterocycles. The number of ether oxygens (including phenoxy) is 2. The van der Waals surface area contributed by atoms with E-state index in [9.17, 15) is 4.79 Å². The summed E-state index contributed by atoms with van der Waals surface area (Å²) in [4.78, 5) is 12.6. The molecule has 0 aromatic heterocycles. The molecule has 0 aliphatic carbocycles. The Bertz CT molecular complexity index is 725. The molecule has 0 spiro atoms. The third-order valence-electron chi connectivity index (χ3n) is 3.86. The molecule has 4 nitrogen and oxygen atoms in total. The summed E-state index contributed by atoms with van der Waals surface area (Å²) in [6, 6.07) is 12.9. The Balaban J connectivity index is 2.20. The third kappa shape index (κ3) is 3.96. The lowest BCUT2D eigenvalue weighted by Gasteiger charge is -2.18. The minimum atomic E-state index is -0.168. The molecule has 4 heteroatoms. The molecule has 24 heavy (non-hydrogen) atoms. The molecule has 0 bridgehead atoms. The van der Waals surface area contributed by atoms with Crippen LogP contribution in [0.3, 0.4) is 0 Å². The first-order valence-electron chi connectivity index (χ1n) is 7.82. The standard InChI is InChI=1S/C20H23NO3/c1-5-8-15-13-16(11-12-18(15)23-3)20(22)21-14(2)17-9-6-7-10-19(17)24-4/h5-7,9-14H,1,8H2,2-4H3,(H,21,22)/t14-/m1/s1. The van der Waals surface area contributed by atoms with E-state index in [2.05, 4.69) is 11.9 Å². The van der Waals surface area contributed by atoms with Crippen LogP contribution < -0.4 is 14.8 Å². The first-order chi connectivity index (χ1) is 11.6. The minimum Gasteiger partial charge on any atom is -0.496 e. The largest absolute Gasteiger partial charge is 0.496 e. The van der Waals surface area contributed by atoms with Gasteiger partial charge in [0.25, 0.3) is 5.91 Å². The number of para-hydroxylation sites is 1. The maximum absolute atomic E-state index is 12.6. The van der Waals surface area contributed by atoms with Gasteiger partial charge < -0.3 is 14.8 Å². The van der Waals surface area contributed by atoms with Crippen molar-refractivity contribution < 1.29 is 14.3 Å². The molecule has 126 valence electrons. The fourth-order valence-electron chi connectivity index (χ4n) is 2.62. The second-order valence-electron chi connectivity index (χ2n) is 5.46. The van der Waals surface area contributed by atoms with Crippen molar-refractivity contribution in [2.45, 2.75) is 19.4 Å². The van der Waals surface area contributed by atoms with Gasteiger partial charge in [-0.05, 0) is 43.2 Å². The minimum absolute atomic E-state index is 0.138. The lowest BCUT2D eigenvalue weighted by Crippen LogP contribution is -2.27. The van der Waals surface area contributed by atoms with Crippen LogP contribution in [0.4, 0.5) is 0 Å². The van der Waals surface area contributed by atoms with Crippen LogP contribution in [-0.4, -0.2) is 20.1 Å². The zero-order valence-electron chi connectivity index (χ0n) is 14.3. The Morgan fingerprint density at radius 2 is 1.88 bits per heavy atom. The van der Waals surface area contributed by atoms with Gasteiger partial charge in [-0.3, -0.25) is 4.79 Å². The Labute approximate surface area is 143 Å². The SMILES string of the molecule is C=CCc1cc(C(=O)N[C@H](C)c2ccccc2OC)ccc1OC. The molecule has 1 amide bonds. The molecular formula is C20H23NO3. The first-order valence-corrected chi connectivity index (χ1v) is 7.82. The number of carbonyl (C=O) groups excluding carboxylic acids is 1. The summed E-state index contributed by atoms with van der Waals surface area (Å²) in [5.41, 5.74) is 2.47. The zero-order chi connectivity index (χ0) is 17.5. The van der Waals surface area contributed by atoms with E-state index in [1.807, 2.05) is 43.3 Å². The van der Waals surface area contributed by atoms with Crippen molar-refractivity contribution >= 4 is 5.91 Å². The average Bonchev–Trinajstić information content (AvgIpc) is 2.61. The van der Waals surface area contributed by atoms with E-state index >= 15 is 0 Å². The van der Waals surface area contributed by atoms with Crippen LogP contribution in [0.25, 0.3) is 0 Å². The highest BCUT2D eigenvalue weighted by molar-refractivity contribution is 5.94. The van der Waals surface area contributed by atoms with Gasteiger partial charge in [0.1, 0.15) is 11.5 Å². The molecule has 1 N–H and O–H groups in total. The van der Waals surface area contributed by atoms with Crippen LogP contribution in [0, 0.1) is 0 Å². The monoisotopic (exact) mass is 325 g/mol. The van der Waals surface area contributed by atoms with Crippen LogP contribution in [0.15, 0.2) is 55.1 Å². The van der Waals surface area contributed by atoms with Gasteiger partial charge in [-0.1, -0.05) is 24.3 Å². The van der Waals surface area contributed by atoms with Gasteiger partial charge in [-0.15, -0.1) is 6.58 Å². The van der Waals surface area contributed by atoms with E-state index in [-0.39, 0.29) is 11.9 Å². The molecule has 0 saturated carbocycles. The van der Waals surface area contributed by atoms with Crippen LogP contribution in [0.2, 0.25) is 0 Å². The van der Waals surface area contributed by atoms with Crippen molar-refractivity contribution in [3.63, 3.8) is 0 Å². The van der Waals surface area contributed by atoms with Gasteiger partial charge in [-0.2, -0.15) is 0 Å². The second kappa shape index (κ2) is 8.20. The molecule has 1 atom stereocenters. The van der Waals surface area contributed by atoms with Gasteiger partial charge in [0.15, 0.2) is 0 Å². The highest BCUT2D eigenvalue weighted by Gasteiger charge is 2.16. The summed E-state index contributed by atoms with van der Waals surface area (Å²) in [6.45, 7) is 5.68. The van der Waals surface area contributed by atoms with Gasteiger partial charge in [0.05, 0.1) is 20.3 Å². The summed E-state index contributed by atoms with van der Waals surface area (Å²) in [6.07, 6.45) is 2.43. The van der Waals surface area contributed by atoms with E-state index < -0.39 is 0 Å². The maximum atomic E-state index is 12.6. The Hall–Kier alpha value is -2.75. The lowest BCUT2D eigenvalue weighted by molar-refractivity contribution is 0.0939. The number of hydrogen-bond donors (Lipinski definition) is 1. The molecule has 2 aromatic rings. The number of methoxy groups -OCH3 is 2. The van der Waals surface area contributed by atoms with Crippen LogP contribution in [0.1, 0.15) is 34.5 Å². The quantitative estimate of drug-likeness (QED) is 0.785. The van der Waals surface area contributed by atoms with E-state index in [1.54, 1.807) is 26.4 Å². The van der Waals surface area contributed by atoms with Crippen molar-refractivity contribution in [3.8, 4) is 11.5 Å². The fraction of sp³-hybridized carbons (Fsp3) is 0.250. The number of rotatable bonds is 7. The number of hydrogen-bond acceptors (Lipinski definition) is 3. The predicted octanol–water partition coefficient (Wildman–Crippen LogP) is 3.92. The second-order valence-corrected chi connectivity index (χ2v) is 5.46. The topological polar surface area (TPSA) is 47.6 Å². The van der Waals surface area contributed by atoms with Crippen LogP contribution >= 0.6 is 0 Å². The van der Waals surface area contributed by atoms with Gasteiger partial charge in [-0.25, -0.2) is 0 Å². The van der Waals surface area contributed by atoms with E-state index in [0.717, 1.165) is 22.6 Å². The fourth-order valence-corrected chi connectivity index (χ4v) is 2.62. The van der Waals surface area contributed by atoms with Gasteiger partial charge in [0.2, 0.25) is 0 Å². The summed E-state index contributed by atoms with van der Waals surface area (Å²) >= 11 is 0. The molecule has 2 rings (SSSR count). The average molecular weight is 325 g/mol. The van der Waals surface area contributed by atoms with Crippen molar-refractivity contribution in [2.75, 3.05) is 14.2 Å². The van der Waals surface area contributed by atoms with E-state index in [0.29, 0.717) is 12.0 Å². The molecule has 0 radical (unpaired) electrons. The smallest absolute Gasteiger partial charge is 0.251 e. The van der Waals surface area contributed by atoms with Gasteiger partial charge >= 0.3 is 0 Å².